The van der Waals surface area contributed by atoms with Crippen LogP contribution < -0.4 is 16.0 Å². The third-order valence-corrected chi connectivity index (χ3v) is 4.30. The predicted molar refractivity (Wildman–Crippen MR) is 102 cm³/mol. The van der Waals surface area contributed by atoms with Crippen molar-refractivity contribution in [1.82, 2.24) is 5.16 Å². The summed E-state index contributed by atoms with van der Waals surface area (Å²) in [6, 6.07) is 12.6. The average Bonchev–Trinajstić information content (AvgIpc) is 3.23. The number of aryl methyl sites for hydroxylation is 1. The van der Waals surface area contributed by atoms with Crippen LogP contribution in [0, 0.1) is 6.92 Å². The van der Waals surface area contributed by atoms with Crippen molar-refractivity contribution in [2.45, 2.75) is 6.92 Å². The van der Waals surface area contributed by atoms with Crippen LogP contribution in [0.15, 0.2) is 59.4 Å². The molecule has 4 rings (SSSR count). The molecule has 6 nitrogen and oxygen atoms in total. The van der Waals surface area contributed by atoms with E-state index in [9.17, 15) is 4.79 Å². The molecule has 3 N–H and O–H groups in total. The highest BCUT2D eigenvalue weighted by Gasteiger charge is 2.18. The Bertz CT molecular complexity index is 1040. The summed E-state index contributed by atoms with van der Waals surface area (Å²) in [6.45, 7) is 5.72. The van der Waals surface area contributed by atoms with Crippen molar-refractivity contribution in [3.8, 4) is 11.3 Å². The maximum absolute atomic E-state index is 12.4. The fourth-order valence-electron chi connectivity index (χ4n) is 2.70. The number of amides is 1. The number of nitrogens with zero attached hydrogens (tertiary/aromatic N) is 1. The van der Waals surface area contributed by atoms with E-state index < -0.39 is 0 Å². The Balaban J connectivity index is 1.56. The molecule has 0 spiro atoms. The fraction of sp³-hybridized carbons (Fsp3) is 0.0526. The van der Waals surface area contributed by atoms with Crippen LogP contribution in [0.4, 0.5) is 17.1 Å². The van der Waals surface area contributed by atoms with Crippen molar-refractivity contribution < 1.29 is 9.32 Å². The molecule has 1 aromatic heterocycles. The highest BCUT2D eigenvalue weighted by molar-refractivity contribution is 6.31. The Morgan fingerprint density at radius 1 is 1.15 bits per heavy atom. The van der Waals surface area contributed by atoms with Gasteiger partial charge in [0.25, 0.3) is 5.91 Å². The standard InChI is InChI=1S/C19H15ClN4O2/c1-10-3-5-13(20)8-15(10)23-19(25)17-9-18(26-24-17)12-4-6-14-16(7-12)22-11(2)21-14/h3-9,21-22H,2H2,1H3,(H,23,25). The maximum atomic E-state index is 12.4. The third-order valence-electron chi connectivity index (χ3n) is 4.07. The van der Waals surface area contributed by atoms with Gasteiger partial charge < -0.3 is 20.5 Å². The number of rotatable bonds is 3. The summed E-state index contributed by atoms with van der Waals surface area (Å²) in [5.41, 5.74) is 4.37. The number of carbonyl (C=O) groups is 1. The first-order valence-electron chi connectivity index (χ1n) is 7.91. The van der Waals surface area contributed by atoms with Gasteiger partial charge in [0.2, 0.25) is 0 Å². The highest BCUT2D eigenvalue weighted by atomic mass is 35.5. The summed E-state index contributed by atoms with van der Waals surface area (Å²) in [7, 11) is 0. The number of hydrogen-bond acceptors (Lipinski definition) is 5. The number of nitrogens with one attached hydrogen (secondary N) is 3. The first-order valence-corrected chi connectivity index (χ1v) is 8.29. The minimum absolute atomic E-state index is 0.190. The zero-order valence-corrected chi connectivity index (χ0v) is 14.6. The van der Waals surface area contributed by atoms with Gasteiger partial charge in [-0.05, 0) is 42.8 Å². The van der Waals surface area contributed by atoms with Gasteiger partial charge in [0, 0.05) is 22.3 Å². The van der Waals surface area contributed by atoms with E-state index in [0.29, 0.717) is 22.3 Å². The molecule has 0 bridgehead atoms. The quantitative estimate of drug-likeness (QED) is 0.616. The Kier molecular flexibility index (Phi) is 3.89. The van der Waals surface area contributed by atoms with Crippen LogP contribution in [0.3, 0.4) is 0 Å². The molecule has 1 aliphatic rings. The summed E-state index contributed by atoms with van der Waals surface area (Å²) >= 11 is 5.98. The topological polar surface area (TPSA) is 79.2 Å². The summed E-state index contributed by atoms with van der Waals surface area (Å²) in [4.78, 5) is 12.4. The van der Waals surface area contributed by atoms with E-state index in [0.717, 1.165) is 22.5 Å². The summed E-state index contributed by atoms with van der Waals surface area (Å²) < 4.78 is 5.34. The van der Waals surface area contributed by atoms with Crippen molar-refractivity contribution in [2.75, 3.05) is 16.0 Å². The Labute approximate surface area is 154 Å². The molecule has 2 aromatic carbocycles. The molecule has 130 valence electrons. The van der Waals surface area contributed by atoms with Gasteiger partial charge in [0.15, 0.2) is 11.5 Å². The molecule has 0 atom stereocenters. The molecule has 0 aliphatic carbocycles. The van der Waals surface area contributed by atoms with Gasteiger partial charge in [0.05, 0.1) is 11.4 Å². The van der Waals surface area contributed by atoms with Crippen molar-refractivity contribution in [1.29, 1.82) is 0 Å². The molecule has 3 aromatic rings. The van der Waals surface area contributed by atoms with Crippen molar-refractivity contribution in [3.05, 3.63) is 71.1 Å². The van der Waals surface area contributed by atoms with Crippen LogP contribution in [-0.2, 0) is 0 Å². The molecule has 0 radical (unpaired) electrons. The lowest BCUT2D eigenvalue weighted by molar-refractivity contribution is 0.101. The molecule has 1 amide bonds. The summed E-state index contributed by atoms with van der Waals surface area (Å²) in [5.74, 6) is 0.853. The second kappa shape index (κ2) is 6.24. The van der Waals surface area contributed by atoms with Gasteiger partial charge in [0.1, 0.15) is 5.82 Å². The van der Waals surface area contributed by atoms with E-state index in [2.05, 4.69) is 27.7 Å². The van der Waals surface area contributed by atoms with Crippen LogP contribution in [-0.4, -0.2) is 11.1 Å². The lowest BCUT2D eigenvalue weighted by Gasteiger charge is -2.06. The van der Waals surface area contributed by atoms with Crippen LogP contribution in [0.1, 0.15) is 16.1 Å². The van der Waals surface area contributed by atoms with Gasteiger partial charge in [-0.1, -0.05) is 29.4 Å². The van der Waals surface area contributed by atoms with E-state index in [1.54, 1.807) is 18.2 Å². The van der Waals surface area contributed by atoms with Gasteiger partial charge in [-0.3, -0.25) is 4.79 Å². The van der Waals surface area contributed by atoms with E-state index in [-0.39, 0.29) is 11.6 Å². The summed E-state index contributed by atoms with van der Waals surface area (Å²) in [5, 5.41) is 13.5. The second-order valence-corrected chi connectivity index (χ2v) is 6.42. The number of fused-ring (bicyclic) bond motifs is 1. The number of carbonyl (C=O) groups excluding carboxylic acids is 1. The normalized spacial score (nSPS) is 12.3. The molecule has 26 heavy (non-hydrogen) atoms. The molecule has 0 saturated heterocycles. The van der Waals surface area contributed by atoms with Crippen molar-refractivity contribution in [3.63, 3.8) is 0 Å². The fourth-order valence-corrected chi connectivity index (χ4v) is 2.87. The number of benzene rings is 2. The lowest BCUT2D eigenvalue weighted by Crippen LogP contribution is -2.13. The molecule has 1 aliphatic heterocycles. The van der Waals surface area contributed by atoms with E-state index in [1.807, 2.05) is 31.2 Å². The largest absolute Gasteiger partial charge is 0.355 e. The Morgan fingerprint density at radius 3 is 2.81 bits per heavy atom. The Hall–Kier alpha value is -3.25. The lowest BCUT2D eigenvalue weighted by atomic mass is 10.1. The first-order chi connectivity index (χ1) is 12.5. The molecular formula is C19H15ClN4O2. The monoisotopic (exact) mass is 366 g/mol. The molecule has 0 fully saturated rings. The number of aromatic nitrogens is 1. The number of halogens is 1. The van der Waals surface area contributed by atoms with Gasteiger partial charge in [-0.2, -0.15) is 0 Å². The van der Waals surface area contributed by atoms with Crippen LogP contribution in [0.25, 0.3) is 11.3 Å². The van der Waals surface area contributed by atoms with E-state index in [4.69, 9.17) is 16.1 Å². The van der Waals surface area contributed by atoms with Crippen LogP contribution in [0.5, 0.6) is 0 Å². The zero-order valence-electron chi connectivity index (χ0n) is 13.9. The minimum Gasteiger partial charge on any atom is -0.355 e. The minimum atomic E-state index is -0.361. The Morgan fingerprint density at radius 2 is 1.96 bits per heavy atom. The molecule has 0 saturated carbocycles. The van der Waals surface area contributed by atoms with Gasteiger partial charge in [-0.15, -0.1) is 0 Å². The number of hydrogen-bond donors (Lipinski definition) is 3. The second-order valence-electron chi connectivity index (χ2n) is 5.98. The maximum Gasteiger partial charge on any atom is 0.277 e. The van der Waals surface area contributed by atoms with E-state index in [1.165, 1.54) is 0 Å². The molecule has 2 heterocycles. The predicted octanol–water partition coefficient (Wildman–Crippen LogP) is 4.86. The van der Waals surface area contributed by atoms with Crippen molar-refractivity contribution >= 4 is 34.6 Å². The zero-order chi connectivity index (χ0) is 18.3. The van der Waals surface area contributed by atoms with E-state index >= 15 is 0 Å². The highest BCUT2D eigenvalue weighted by Crippen LogP contribution is 2.34. The average molecular weight is 367 g/mol. The van der Waals surface area contributed by atoms with Crippen molar-refractivity contribution in [2.24, 2.45) is 0 Å². The summed E-state index contributed by atoms with van der Waals surface area (Å²) in [6.07, 6.45) is 0. The number of anilines is 3. The van der Waals surface area contributed by atoms with Crippen LogP contribution >= 0.6 is 11.6 Å². The van der Waals surface area contributed by atoms with Crippen LogP contribution in [0.2, 0.25) is 5.02 Å². The third kappa shape index (κ3) is 3.02. The SMILES string of the molecule is C=C1Nc2ccc(-c3cc(C(=O)Nc4cc(Cl)ccc4C)no3)cc2N1. The molecule has 0 unspecified atom stereocenters. The van der Waals surface area contributed by atoms with Gasteiger partial charge in [-0.25, -0.2) is 0 Å². The first kappa shape index (κ1) is 16.2. The molecule has 7 heteroatoms. The molecular weight excluding hydrogens is 352 g/mol. The van der Waals surface area contributed by atoms with Gasteiger partial charge >= 0.3 is 0 Å². The smallest absolute Gasteiger partial charge is 0.277 e.